The number of fused-ring (bicyclic) bond motifs is 5. The van der Waals surface area contributed by atoms with E-state index in [-0.39, 0.29) is 24.5 Å². The Kier molecular flexibility index (Phi) is 5.83. The van der Waals surface area contributed by atoms with E-state index in [1.165, 1.54) is 26.2 Å². The summed E-state index contributed by atoms with van der Waals surface area (Å²) < 4.78 is 44.6. The van der Waals surface area contributed by atoms with E-state index >= 15 is 0 Å². The van der Waals surface area contributed by atoms with Crippen molar-refractivity contribution in [2.75, 3.05) is 6.61 Å². The Labute approximate surface area is 180 Å². The number of aliphatic hydroxyl groups is 1. The van der Waals surface area contributed by atoms with Gasteiger partial charge < -0.3 is 9.84 Å². The molecule has 4 unspecified atom stereocenters. The zero-order valence-electron chi connectivity index (χ0n) is 19.2. The van der Waals surface area contributed by atoms with Gasteiger partial charge in [-0.25, -0.2) is 0 Å². The van der Waals surface area contributed by atoms with Crippen molar-refractivity contribution in [3.05, 3.63) is 0 Å². The van der Waals surface area contributed by atoms with Gasteiger partial charge in [-0.15, -0.1) is 0 Å². The quantitative estimate of drug-likeness (QED) is 0.534. The van der Waals surface area contributed by atoms with Crippen molar-refractivity contribution in [3.63, 3.8) is 0 Å². The zero-order chi connectivity index (χ0) is 21.9. The molecule has 4 saturated carbocycles. The molecule has 0 heterocycles. The fourth-order valence-corrected chi connectivity index (χ4v) is 8.21. The maximum atomic E-state index is 12.8. The van der Waals surface area contributed by atoms with Crippen LogP contribution >= 0.6 is 0 Å². The van der Waals surface area contributed by atoms with Crippen LogP contribution in [0.15, 0.2) is 0 Å². The van der Waals surface area contributed by atoms with Gasteiger partial charge in [-0.1, -0.05) is 20.8 Å². The zero-order valence-corrected chi connectivity index (χ0v) is 19.2. The van der Waals surface area contributed by atoms with E-state index in [0.717, 1.165) is 50.4 Å². The smallest absolute Gasteiger partial charge is 0.390 e. The summed E-state index contributed by atoms with van der Waals surface area (Å²) in [6, 6.07) is 0. The van der Waals surface area contributed by atoms with Crippen molar-refractivity contribution in [2.45, 2.75) is 110 Å². The summed E-state index contributed by atoms with van der Waals surface area (Å²) in [5.41, 5.74) is -0.0421. The minimum Gasteiger partial charge on any atom is -0.390 e. The molecule has 4 rings (SSSR count). The van der Waals surface area contributed by atoms with Gasteiger partial charge in [0.25, 0.3) is 0 Å². The molecule has 0 spiro atoms. The van der Waals surface area contributed by atoms with Crippen LogP contribution in [0.25, 0.3) is 0 Å². The van der Waals surface area contributed by atoms with Crippen LogP contribution in [0.3, 0.4) is 0 Å². The molecular formula is C25H41F3O2. The second-order valence-corrected chi connectivity index (χ2v) is 12.1. The highest BCUT2D eigenvalue weighted by atomic mass is 19.4. The summed E-state index contributed by atoms with van der Waals surface area (Å²) in [5, 5.41) is 10.6. The lowest BCUT2D eigenvalue weighted by atomic mass is 9.44. The summed E-state index contributed by atoms with van der Waals surface area (Å²) in [4.78, 5) is 0. The van der Waals surface area contributed by atoms with Gasteiger partial charge >= 0.3 is 6.18 Å². The van der Waals surface area contributed by atoms with Gasteiger partial charge in [-0.05, 0) is 106 Å². The van der Waals surface area contributed by atoms with Crippen LogP contribution in [-0.2, 0) is 4.74 Å². The van der Waals surface area contributed by atoms with Crippen molar-refractivity contribution >= 4 is 0 Å². The molecule has 0 saturated heterocycles. The molecule has 4 aliphatic rings. The van der Waals surface area contributed by atoms with E-state index in [4.69, 9.17) is 4.74 Å². The Hall–Kier alpha value is -0.290. The van der Waals surface area contributed by atoms with E-state index < -0.39 is 17.7 Å². The fraction of sp³-hybridized carbons (Fsp3) is 1.00. The van der Waals surface area contributed by atoms with Crippen LogP contribution in [0.1, 0.15) is 91.9 Å². The van der Waals surface area contributed by atoms with Crippen LogP contribution in [0, 0.1) is 40.4 Å². The molecule has 0 aromatic heterocycles. The minimum absolute atomic E-state index is 0.0620. The minimum atomic E-state index is -4.12. The van der Waals surface area contributed by atoms with Gasteiger partial charge in [0.1, 0.15) is 0 Å². The molecular weight excluding hydrogens is 389 g/mol. The first-order chi connectivity index (χ1) is 13.9. The van der Waals surface area contributed by atoms with Gasteiger partial charge in [0.2, 0.25) is 0 Å². The molecule has 174 valence electrons. The van der Waals surface area contributed by atoms with Crippen LogP contribution in [-0.4, -0.2) is 29.6 Å². The summed E-state index contributed by atoms with van der Waals surface area (Å²) in [6.45, 7) is 8.34. The number of hydrogen-bond donors (Lipinski definition) is 1. The SMILES string of the molecule is CC(CCO[C@H]1CCC2C3CC[C@H]4C[C@@](C)(O)CC[C@]4(C)C3CC[C@@]21C)C(F)(F)F. The number of ether oxygens (including phenoxy) is 1. The van der Waals surface area contributed by atoms with Crippen molar-refractivity contribution < 1.29 is 23.0 Å². The number of hydrogen-bond acceptors (Lipinski definition) is 2. The van der Waals surface area contributed by atoms with Crippen LogP contribution in [0.5, 0.6) is 0 Å². The molecule has 9 atom stereocenters. The molecule has 0 aliphatic heterocycles. The first-order valence-electron chi connectivity index (χ1n) is 12.3. The van der Waals surface area contributed by atoms with E-state index in [1.54, 1.807) is 0 Å². The molecule has 0 aromatic carbocycles. The average Bonchev–Trinajstić information content (AvgIpc) is 2.98. The van der Waals surface area contributed by atoms with E-state index in [0.29, 0.717) is 17.3 Å². The third-order valence-corrected chi connectivity index (χ3v) is 10.3. The van der Waals surface area contributed by atoms with Crippen molar-refractivity contribution in [3.8, 4) is 0 Å². The summed E-state index contributed by atoms with van der Waals surface area (Å²) in [7, 11) is 0. The molecule has 4 aliphatic carbocycles. The Morgan fingerprint density at radius 3 is 2.33 bits per heavy atom. The Morgan fingerprint density at radius 1 is 0.933 bits per heavy atom. The molecule has 0 amide bonds. The second kappa shape index (κ2) is 7.64. The molecule has 30 heavy (non-hydrogen) atoms. The first-order valence-corrected chi connectivity index (χ1v) is 12.3. The number of alkyl halides is 3. The highest BCUT2D eigenvalue weighted by molar-refractivity contribution is 5.10. The lowest BCUT2D eigenvalue weighted by molar-refractivity contribution is -0.178. The number of rotatable bonds is 4. The van der Waals surface area contributed by atoms with Gasteiger partial charge in [0.05, 0.1) is 17.6 Å². The predicted molar refractivity (Wildman–Crippen MR) is 112 cm³/mol. The van der Waals surface area contributed by atoms with Crippen LogP contribution in [0.4, 0.5) is 13.2 Å². The van der Waals surface area contributed by atoms with E-state index in [9.17, 15) is 18.3 Å². The van der Waals surface area contributed by atoms with E-state index in [2.05, 4.69) is 13.8 Å². The Balaban J connectivity index is 1.42. The predicted octanol–water partition coefficient (Wildman–Crippen LogP) is 6.75. The molecule has 0 radical (unpaired) electrons. The lowest BCUT2D eigenvalue weighted by Crippen LogP contribution is -2.56. The lowest BCUT2D eigenvalue weighted by Gasteiger charge is -2.61. The molecule has 5 heteroatoms. The summed E-state index contributed by atoms with van der Waals surface area (Å²) in [6.07, 6.45) is 6.01. The number of halogens is 3. The van der Waals surface area contributed by atoms with Gasteiger partial charge in [0, 0.05) is 6.61 Å². The van der Waals surface area contributed by atoms with E-state index in [1.807, 2.05) is 6.92 Å². The normalized spacial score (nSPS) is 49.8. The Morgan fingerprint density at radius 2 is 1.63 bits per heavy atom. The fourth-order valence-electron chi connectivity index (χ4n) is 8.21. The first kappa shape index (κ1) is 22.9. The summed E-state index contributed by atoms with van der Waals surface area (Å²) >= 11 is 0. The van der Waals surface area contributed by atoms with Gasteiger partial charge in [0.15, 0.2) is 0 Å². The summed E-state index contributed by atoms with van der Waals surface area (Å²) in [5.74, 6) is 1.42. The third kappa shape index (κ3) is 3.84. The standard InChI is InChI=1S/C25H41F3O2/c1-16(25(26,27)28)10-14-30-21-8-7-19-18-6-5-17-15-22(2,29)12-13-23(17,3)20(18)9-11-24(19,21)4/h16-21,29H,5-15H2,1-4H3/t16?,17-,18?,19?,20?,21-,22-,23-,24-/m0/s1. The molecule has 0 aromatic rings. The average molecular weight is 431 g/mol. The molecule has 2 nitrogen and oxygen atoms in total. The maximum Gasteiger partial charge on any atom is 0.391 e. The van der Waals surface area contributed by atoms with Crippen molar-refractivity contribution in [2.24, 2.45) is 40.4 Å². The topological polar surface area (TPSA) is 29.5 Å². The largest absolute Gasteiger partial charge is 0.391 e. The molecule has 1 N–H and O–H groups in total. The Bertz CT molecular complexity index is 632. The maximum absolute atomic E-state index is 12.8. The molecule has 0 bridgehead atoms. The monoisotopic (exact) mass is 430 g/mol. The van der Waals surface area contributed by atoms with Gasteiger partial charge in [-0.2, -0.15) is 13.2 Å². The highest BCUT2D eigenvalue weighted by Gasteiger charge is 2.61. The van der Waals surface area contributed by atoms with Gasteiger partial charge in [-0.3, -0.25) is 0 Å². The highest BCUT2D eigenvalue weighted by Crippen LogP contribution is 2.67. The van der Waals surface area contributed by atoms with Crippen molar-refractivity contribution in [1.82, 2.24) is 0 Å². The molecule has 4 fully saturated rings. The van der Waals surface area contributed by atoms with Crippen LogP contribution < -0.4 is 0 Å². The van der Waals surface area contributed by atoms with Crippen LogP contribution in [0.2, 0.25) is 0 Å². The third-order valence-electron chi connectivity index (χ3n) is 10.3. The van der Waals surface area contributed by atoms with Crippen molar-refractivity contribution in [1.29, 1.82) is 0 Å². The second-order valence-electron chi connectivity index (χ2n) is 12.1.